The third-order valence-electron chi connectivity index (χ3n) is 5.10. The van der Waals surface area contributed by atoms with Crippen LogP contribution < -0.4 is 15.4 Å². The van der Waals surface area contributed by atoms with Crippen LogP contribution in [0.2, 0.25) is 0 Å². The van der Waals surface area contributed by atoms with Crippen molar-refractivity contribution in [1.29, 1.82) is 0 Å². The van der Waals surface area contributed by atoms with E-state index >= 15 is 0 Å². The summed E-state index contributed by atoms with van der Waals surface area (Å²) in [7, 11) is 0. The van der Waals surface area contributed by atoms with Crippen LogP contribution in [0.4, 0.5) is 0 Å². The molecule has 1 aromatic rings. The first-order chi connectivity index (χ1) is 17.4. The summed E-state index contributed by atoms with van der Waals surface area (Å²) in [6, 6.07) is 1.79. The van der Waals surface area contributed by atoms with Gasteiger partial charge < -0.3 is 40.9 Å². The number of carbonyl (C=O) groups is 5. The van der Waals surface area contributed by atoms with Crippen LogP contribution in [0, 0.1) is 0 Å². The van der Waals surface area contributed by atoms with E-state index in [1.54, 1.807) is 6.92 Å². The van der Waals surface area contributed by atoms with E-state index in [0.717, 1.165) is 0 Å². The van der Waals surface area contributed by atoms with Crippen molar-refractivity contribution < 1.29 is 54.2 Å². The van der Waals surface area contributed by atoms with Crippen molar-refractivity contribution in [2.45, 2.75) is 32.2 Å². The van der Waals surface area contributed by atoms with Crippen LogP contribution in [-0.4, -0.2) is 112 Å². The molecule has 14 nitrogen and oxygen atoms in total. The number of carboxylic acid groups (broad SMARTS) is 5. The highest BCUT2D eigenvalue weighted by Crippen LogP contribution is 2.26. The molecule has 206 valence electrons. The molecule has 14 heteroatoms. The first-order valence-corrected chi connectivity index (χ1v) is 11.5. The summed E-state index contributed by atoms with van der Waals surface area (Å²) >= 11 is 0. The van der Waals surface area contributed by atoms with Crippen molar-refractivity contribution in [1.82, 2.24) is 15.5 Å². The van der Waals surface area contributed by atoms with Crippen LogP contribution in [0.5, 0.6) is 5.75 Å². The van der Waals surface area contributed by atoms with Crippen LogP contribution in [0.1, 0.15) is 23.6 Å². The molecule has 0 saturated heterocycles. The molecule has 1 aromatic carbocycles. The van der Waals surface area contributed by atoms with Gasteiger partial charge in [0.1, 0.15) is 11.8 Å². The zero-order valence-electron chi connectivity index (χ0n) is 20.4. The van der Waals surface area contributed by atoms with Crippen LogP contribution in [0.3, 0.4) is 0 Å². The zero-order chi connectivity index (χ0) is 28.0. The Balaban J connectivity index is 2.85. The predicted molar refractivity (Wildman–Crippen MR) is 128 cm³/mol. The summed E-state index contributed by atoms with van der Waals surface area (Å²) in [4.78, 5) is 57.4. The molecule has 1 rings (SSSR count). The van der Waals surface area contributed by atoms with Crippen LogP contribution in [0.25, 0.3) is 0 Å². The monoisotopic (exact) mass is 527 g/mol. The minimum absolute atomic E-state index is 0.109. The second-order valence-corrected chi connectivity index (χ2v) is 8.10. The lowest BCUT2D eigenvalue weighted by molar-refractivity contribution is -0.142. The van der Waals surface area contributed by atoms with Gasteiger partial charge in [0.2, 0.25) is 0 Å². The molecule has 0 bridgehead atoms. The van der Waals surface area contributed by atoms with Crippen LogP contribution in [0.15, 0.2) is 12.1 Å². The van der Waals surface area contributed by atoms with Gasteiger partial charge >= 0.3 is 29.8 Å². The van der Waals surface area contributed by atoms with E-state index in [1.165, 1.54) is 17.0 Å². The maximum atomic E-state index is 11.8. The van der Waals surface area contributed by atoms with Crippen molar-refractivity contribution in [3.05, 3.63) is 28.8 Å². The number of hydrogen-bond acceptors (Lipinski definition) is 9. The van der Waals surface area contributed by atoms with Gasteiger partial charge in [-0.15, -0.1) is 0 Å². The van der Waals surface area contributed by atoms with Crippen LogP contribution >= 0.6 is 0 Å². The quantitative estimate of drug-likeness (QED) is 0.101. The van der Waals surface area contributed by atoms with Crippen molar-refractivity contribution in [3.63, 3.8) is 0 Å². The first-order valence-electron chi connectivity index (χ1n) is 11.5. The lowest BCUT2D eigenvalue weighted by atomic mass is 9.94. The zero-order valence-corrected chi connectivity index (χ0v) is 20.4. The topological polar surface area (TPSA) is 223 Å². The van der Waals surface area contributed by atoms with Gasteiger partial charge in [0, 0.05) is 31.7 Å². The Morgan fingerprint density at radius 2 is 1.41 bits per heavy atom. The van der Waals surface area contributed by atoms with E-state index in [9.17, 15) is 39.3 Å². The normalized spacial score (nSPS) is 11.7. The number of carboxylic acids is 5. The van der Waals surface area contributed by atoms with Gasteiger partial charge in [0.25, 0.3) is 0 Å². The van der Waals surface area contributed by atoms with E-state index in [1.807, 2.05) is 0 Å². The summed E-state index contributed by atoms with van der Waals surface area (Å²) in [6.45, 7) is 1.95. The fourth-order valence-corrected chi connectivity index (χ4v) is 3.59. The minimum Gasteiger partial charge on any atom is -0.494 e. The van der Waals surface area contributed by atoms with E-state index in [4.69, 9.17) is 14.9 Å². The molecule has 0 aliphatic carbocycles. The largest absolute Gasteiger partial charge is 0.494 e. The molecule has 0 saturated carbocycles. The molecule has 1 unspecified atom stereocenters. The van der Waals surface area contributed by atoms with Crippen molar-refractivity contribution in [3.8, 4) is 5.75 Å². The smallest absolute Gasteiger partial charge is 0.321 e. The van der Waals surface area contributed by atoms with Gasteiger partial charge in [-0.25, -0.2) is 0 Å². The molecule has 1 atom stereocenters. The van der Waals surface area contributed by atoms with E-state index in [0.29, 0.717) is 16.7 Å². The maximum Gasteiger partial charge on any atom is 0.321 e. The Morgan fingerprint density at radius 3 is 1.92 bits per heavy atom. The molecule has 0 aliphatic heterocycles. The molecule has 0 spiro atoms. The highest BCUT2D eigenvalue weighted by atomic mass is 16.5. The lowest BCUT2D eigenvalue weighted by Crippen LogP contribution is -2.43. The van der Waals surface area contributed by atoms with Crippen LogP contribution in [-0.2, 0) is 43.2 Å². The molecule has 0 heterocycles. The third kappa shape index (κ3) is 12.7. The molecule has 0 aromatic heterocycles. The van der Waals surface area contributed by atoms with Gasteiger partial charge in [-0.2, -0.15) is 0 Å². The number of aliphatic carboxylic acids is 5. The molecular formula is C23H33N3O11. The van der Waals surface area contributed by atoms with E-state index in [-0.39, 0.29) is 51.4 Å². The highest BCUT2D eigenvalue weighted by molar-refractivity contribution is 5.76. The Hall–Kier alpha value is -3.75. The molecule has 0 fully saturated rings. The average Bonchev–Trinajstić information content (AvgIpc) is 2.76. The van der Waals surface area contributed by atoms with Crippen molar-refractivity contribution >= 4 is 29.8 Å². The Bertz CT molecular complexity index is 952. The predicted octanol–water partition coefficient (Wildman–Crippen LogP) is -1.01. The van der Waals surface area contributed by atoms with Gasteiger partial charge in [-0.1, -0.05) is 6.07 Å². The van der Waals surface area contributed by atoms with Gasteiger partial charge in [-0.05, 0) is 30.5 Å². The van der Waals surface area contributed by atoms with Gasteiger partial charge in [0.05, 0.1) is 32.5 Å². The molecule has 0 aliphatic rings. The molecule has 37 heavy (non-hydrogen) atoms. The number of rotatable bonds is 20. The Kier molecular flexibility index (Phi) is 13.6. The summed E-state index contributed by atoms with van der Waals surface area (Å²) in [5, 5.41) is 51.7. The van der Waals surface area contributed by atoms with Gasteiger partial charge in [0.15, 0.2) is 0 Å². The summed E-state index contributed by atoms with van der Waals surface area (Å²) in [5.41, 5.74) is 0.984. The molecule has 7 N–H and O–H groups in total. The highest BCUT2D eigenvalue weighted by Gasteiger charge is 2.22. The molecule has 0 radical (unpaired) electrons. The molecular weight excluding hydrogens is 494 g/mol. The Labute approximate surface area is 212 Å². The van der Waals surface area contributed by atoms with E-state index < -0.39 is 55.4 Å². The summed E-state index contributed by atoms with van der Waals surface area (Å²) in [6.07, 6.45) is -0.895. The third-order valence-corrected chi connectivity index (χ3v) is 5.10. The standard InChI is InChI=1S/C23H33N3O11/c1-2-37-18-9-15(10-19(27)28)14(7-16(18)11-20(29)30)8-17(23(35)36)25-4-3-24-5-6-26(12-21(31)32)13-22(33)34/h7,9,17,24-25H,2-6,8,10-13H2,1H3,(H,27,28)(H,29,30)(H,31,32)(H,33,34)(H,35,36). The van der Waals surface area contributed by atoms with Crippen molar-refractivity contribution in [2.75, 3.05) is 45.9 Å². The summed E-state index contributed by atoms with van der Waals surface area (Å²) in [5.74, 6) is -5.54. The SMILES string of the molecule is CCOc1cc(CC(=O)O)c(CC(NCCNCCN(CC(=O)O)CC(=O)O)C(=O)O)cc1CC(=O)O. The number of nitrogens with zero attached hydrogens (tertiary/aromatic N) is 1. The van der Waals surface area contributed by atoms with Crippen molar-refractivity contribution in [2.24, 2.45) is 0 Å². The minimum atomic E-state index is -1.19. The fourth-order valence-electron chi connectivity index (χ4n) is 3.59. The Morgan fingerprint density at radius 1 is 0.811 bits per heavy atom. The number of hydrogen-bond donors (Lipinski definition) is 7. The fraction of sp³-hybridized carbons (Fsp3) is 0.522. The number of benzene rings is 1. The average molecular weight is 528 g/mol. The lowest BCUT2D eigenvalue weighted by Gasteiger charge is -2.20. The summed E-state index contributed by atoms with van der Waals surface area (Å²) < 4.78 is 5.46. The first kappa shape index (κ1) is 31.3. The second kappa shape index (κ2) is 16.1. The van der Waals surface area contributed by atoms with E-state index in [2.05, 4.69) is 10.6 Å². The second-order valence-electron chi connectivity index (χ2n) is 8.10. The number of ether oxygens (including phenoxy) is 1. The van der Waals surface area contributed by atoms with Gasteiger partial charge in [-0.3, -0.25) is 28.9 Å². The molecule has 0 amide bonds. The number of nitrogens with one attached hydrogen (secondary N) is 2. The maximum absolute atomic E-state index is 11.8.